The van der Waals surface area contributed by atoms with E-state index in [1.54, 1.807) is 11.1 Å². The van der Waals surface area contributed by atoms with E-state index in [0.717, 1.165) is 19.0 Å². The third-order valence-electron chi connectivity index (χ3n) is 4.83. The van der Waals surface area contributed by atoms with Gasteiger partial charge in [0.2, 0.25) is 0 Å². The molecule has 2 unspecified atom stereocenters. The number of benzene rings is 1. The summed E-state index contributed by atoms with van der Waals surface area (Å²) in [5.41, 5.74) is 5.63. The van der Waals surface area contributed by atoms with E-state index in [1.165, 1.54) is 30.4 Å². The van der Waals surface area contributed by atoms with Gasteiger partial charge in [-0.2, -0.15) is 0 Å². The van der Waals surface area contributed by atoms with Crippen LogP contribution in [0.5, 0.6) is 0 Å². The van der Waals surface area contributed by atoms with Crippen LogP contribution >= 0.6 is 0 Å². The van der Waals surface area contributed by atoms with Crippen molar-refractivity contribution in [2.75, 3.05) is 13.1 Å². The van der Waals surface area contributed by atoms with Crippen molar-refractivity contribution in [3.8, 4) is 0 Å². The predicted octanol–water partition coefficient (Wildman–Crippen LogP) is 2.94. The monoisotopic (exact) mass is 269 g/mol. The molecule has 0 spiro atoms. The average molecular weight is 269 g/mol. The van der Waals surface area contributed by atoms with E-state index < -0.39 is 0 Å². The second kappa shape index (κ2) is 4.59. The van der Waals surface area contributed by atoms with Crippen molar-refractivity contribution in [1.82, 2.24) is 14.9 Å². The summed E-state index contributed by atoms with van der Waals surface area (Å²) in [5, 5.41) is 3.58. The van der Waals surface area contributed by atoms with Crippen molar-refractivity contribution in [1.29, 1.82) is 0 Å². The Morgan fingerprint density at radius 2 is 2.25 bits per heavy atom. The summed E-state index contributed by atoms with van der Waals surface area (Å²) in [6.45, 7) is 7.92. The second-order valence-electron chi connectivity index (χ2n) is 6.99. The zero-order valence-electron chi connectivity index (χ0n) is 12.4. The summed E-state index contributed by atoms with van der Waals surface area (Å²) in [6.07, 6.45) is 4.61. The number of aromatic nitrogens is 2. The van der Waals surface area contributed by atoms with Gasteiger partial charge in [0.15, 0.2) is 0 Å². The zero-order valence-corrected chi connectivity index (χ0v) is 12.4. The number of imidazole rings is 1. The topological polar surface area (TPSA) is 29.9 Å². The molecule has 0 amide bonds. The summed E-state index contributed by atoms with van der Waals surface area (Å²) in [6, 6.07) is 4.78. The van der Waals surface area contributed by atoms with E-state index in [4.69, 9.17) is 0 Å². The Morgan fingerprint density at radius 3 is 3.10 bits per heavy atom. The fourth-order valence-corrected chi connectivity index (χ4v) is 3.99. The van der Waals surface area contributed by atoms with Crippen LogP contribution in [0, 0.1) is 11.8 Å². The fourth-order valence-electron chi connectivity index (χ4n) is 3.99. The molecule has 2 aromatic rings. The van der Waals surface area contributed by atoms with Gasteiger partial charge in [0.1, 0.15) is 0 Å². The second-order valence-corrected chi connectivity index (χ2v) is 6.99. The lowest BCUT2D eigenvalue weighted by atomic mass is 9.74. The van der Waals surface area contributed by atoms with Crippen LogP contribution < -0.4 is 5.32 Å². The number of hydrogen-bond acceptors (Lipinski definition) is 2. The van der Waals surface area contributed by atoms with Crippen LogP contribution in [0.1, 0.15) is 37.3 Å². The molecule has 106 valence electrons. The Balaban J connectivity index is 1.81. The van der Waals surface area contributed by atoms with E-state index in [9.17, 15) is 0 Å². The highest BCUT2D eigenvalue weighted by molar-refractivity contribution is 5.78. The fraction of sp³-hybridized carbons (Fsp3) is 0.588. The van der Waals surface area contributed by atoms with Crippen LogP contribution in [0.15, 0.2) is 18.5 Å². The summed E-state index contributed by atoms with van der Waals surface area (Å²) < 4.78 is 2.32. The minimum atomic E-state index is 0.659. The molecule has 3 heteroatoms. The summed E-state index contributed by atoms with van der Waals surface area (Å²) >= 11 is 0. The van der Waals surface area contributed by atoms with Crippen LogP contribution in [0.4, 0.5) is 0 Å². The molecule has 1 saturated heterocycles. The van der Waals surface area contributed by atoms with E-state index in [0.29, 0.717) is 11.8 Å². The first-order chi connectivity index (χ1) is 9.70. The van der Waals surface area contributed by atoms with Crippen molar-refractivity contribution in [2.45, 2.75) is 39.2 Å². The maximum atomic E-state index is 4.63. The lowest BCUT2D eigenvalue weighted by molar-refractivity contribution is 0.318. The maximum Gasteiger partial charge on any atom is 0.0958 e. The Morgan fingerprint density at radius 1 is 1.35 bits per heavy atom. The molecule has 1 N–H and O–H groups in total. The molecule has 1 aliphatic carbocycles. The summed E-state index contributed by atoms with van der Waals surface area (Å²) in [5.74, 6) is 2.20. The molecule has 20 heavy (non-hydrogen) atoms. The molecule has 1 aliphatic heterocycles. The van der Waals surface area contributed by atoms with Gasteiger partial charge in [-0.25, -0.2) is 4.98 Å². The Bertz CT molecular complexity index is 641. The quantitative estimate of drug-likeness (QED) is 0.908. The predicted molar refractivity (Wildman–Crippen MR) is 82.0 cm³/mol. The van der Waals surface area contributed by atoms with Crippen LogP contribution in [-0.4, -0.2) is 22.6 Å². The van der Waals surface area contributed by atoms with E-state index in [-0.39, 0.29) is 0 Å². The van der Waals surface area contributed by atoms with Gasteiger partial charge in [-0.05, 0) is 60.4 Å². The highest BCUT2D eigenvalue weighted by Gasteiger charge is 2.30. The van der Waals surface area contributed by atoms with Crippen molar-refractivity contribution in [2.24, 2.45) is 11.8 Å². The number of nitrogens with zero attached hydrogens (tertiary/aromatic N) is 2. The van der Waals surface area contributed by atoms with Crippen molar-refractivity contribution < 1.29 is 0 Å². The minimum absolute atomic E-state index is 0.659. The first-order valence-corrected chi connectivity index (χ1v) is 7.89. The van der Waals surface area contributed by atoms with Crippen molar-refractivity contribution in [3.05, 3.63) is 29.6 Å². The van der Waals surface area contributed by atoms with E-state index in [1.807, 2.05) is 6.33 Å². The standard InChI is InChI=1S/C17H23N3/c1-11(2)9-20-10-19-16-6-15-13(5-17(16)20)3-12-4-14(15)8-18-7-12/h5-6,10-12,14,18H,3-4,7-9H2,1-2H3. The SMILES string of the molecule is CC(C)Cn1cnc2cc3c(cc21)CC1CNCC3C1. The molecule has 1 aromatic carbocycles. The van der Waals surface area contributed by atoms with Crippen molar-refractivity contribution >= 4 is 11.0 Å². The van der Waals surface area contributed by atoms with Crippen molar-refractivity contribution in [3.63, 3.8) is 0 Å². The normalized spacial score (nSPS) is 25.1. The maximum absolute atomic E-state index is 4.63. The average Bonchev–Trinajstić information content (AvgIpc) is 2.79. The number of nitrogens with one attached hydrogen (secondary N) is 1. The molecule has 4 rings (SSSR count). The van der Waals surface area contributed by atoms with Gasteiger partial charge < -0.3 is 9.88 Å². The minimum Gasteiger partial charge on any atom is -0.330 e. The Hall–Kier alpha value is -1.35. The number of piperidine rings is 1. The molecular formula is C17H23N3. The molecule has 1 aromatic heterocycles. The summed E-state index contributed by atoms with van der Waals surface area (Å²) in [7, 11) is 0. The molecule has 0 saturated carbocycles. The smallest absolute Gasteiger partial charge is 0.0958 e. The molecule has 2 atom stereocenters. The van der Waals surface area contributed by atoms with Crippen LogP contribution in [0.25, 0.3) is 11.0 Å². The van der Waals surface area contributed by atoms with Gasteiger partial charge in [0.25, 0.3) is 0 Å². The lowest BCUT2D eigenvalue weighted by Gasteiger charge is -2.36. The highest BCUT2D eigenvalue weighted by atomic mass is 15.0. The molecule has 2 heterocycles. The molecule has 2 aliphatic rings. The van der Waals surface area contributed by atoms with E-state index in [2.05, 4.69) is 40.8 Å². The van der Waals surface area contributed by atoms with Gasteiger partial charge in [-0.1, -0.05) is 13.8 Å². The first-order valence-electron chi connectivity index (χ1n) is 7.89. The lowest BCUT2D eigenvalue weighted by Crippen LogP contribution is -2.39. The Labute approximate surface area is 120 Å². The molecule has 3 nitrogen and oxygen atoms in total. The summed E-state index contributed by atoms with van der Waals surface area (Å²) in [4.78, 5) is 4.63. The van der Waals surface area contributed by atoms with Gasteiger partial charge in [-0.15, -0.1) is 0 Å². The van der Waals surface area contributed by atoms with E-state index >= 15 is 0 Å². The third-order valence-corrected chi connectivity index (χ3v) is 4.83. The Kier molecular flexibility index (Phi) is 2.84. The largest absolute Gasteiger partial charge is 0.330 e. The first kappa shape index (κ1) is 12.4. The van der Waals surface area contributed by atoms with Gasteiger partial charge in [-0.3, -0.25) is 0 Å². The molecule has 1 fully saturated rings. The van der Waals surface area contributed by atoms with Crippen LogP contribution in [0.3, 0.4) is 0 Å². The molecule has 2 bridgehead atoms. The third kappa shape index (κ3) is 1.96. The number of hydrogen-bond donors (Lipinski definition) is 1. The van der Waals surface area contributed by atoms with Gasteiger partial charge >= 0.3 is 0 Å². The molecular weight excluding hydrogens is 246 g/mol. The van der Waals surface area contributed by atoms with Gasteiger partial charge in [0, 0.05) is 13.1 Å². The number of fused-ring (bicyclic) bond motifs is 5. The van der Waals surface area contributed by atoms with Crippen LogP contribution in [-0.2, 0) is 13.0 Å². The van der Waals surface area contributed by atoms with Gasteiger partial charge in [0.05, 0.1) is 17.4 Å². The highest BCUT2D eigenvalue weighted by Crippen LogP contribution is 2.38. The molecule has 0 radical (unpaired) electrons. The zero-order chi connectivity index (χ0) is 13.7. The number of rotatable bonds is 2. The van der Waals surface area contributed by atoms with Crippen LogP contribution in [0.2, 0.25) is 0 Å².